The van der Waals surface area contributed by atoms with Crippen LogP contribution in [-0.4, -0.2) is 60.0 Å². The predicted octanol–water partition coefficient (Wildman–Crippen LogP) is 5.13. The molecule has 3 aromatic rings. The molecule has 2 heterocycles. The van der Waals surface area contributed by atoms with E-state index in [0.29, 0.717) is 85.7 Å². The summed E-state index contributed by atoms with van der Waals surface area (Å²) in [7, 11) is 1.54. The zero-order chi connectivity index (χ0) is 27.3. The van der Waals surface area contributed by atoms with Crippen LogP contribution in [0.2, 0.25) is 0 Å². The zero-order valence-corrected chi connectivity index (χ0v) is 21.3. The van der Waals surface area contributed by atoms with Crippen molar-refractivity contribution in [3.05, 3.63) is 65.1 Å². The molecule has 3 N–H and O–H groups in total. The predicted molar refractivity (Wildman–Crippen MR) is 137 cm³/mol. The van der Waals surface area contributed by atoms with Crippen molar-refractivity contribution < 1.29 is 32.5 Å². The van der Waals surface area contributed by atoms with Gasteiger partial charge in [-0.2, -0.15) is 0 Å². The zero-order valence-electron chi connectivity index (χ0n) is 21.3. The number of aliphatic hydroxyl groups is 2. The number of aromatic nitrogens is 1. The fourth-order valence-corrected chi connectivity index (χ4v) is 5.22. The second kappa shape index (κ2) is 12.3. The first-order valence-corrected chi connectivity index (χ1v) is 12.7. The number of alkyl halides is 1. The van der Waals surface area contributed by atoms with Gasteiger partial charge in [0.1, 0.15) is 18.2 Å². The summed E-state index contributed by atoms with van der Waals surface area (Å²) >= 11 is 0. The molecule has 0 spiro atoms. The lowest BCUT2D eigenvalue weighted by molar-refractivity contribution is 0.0246. The molecule has 0 bridgehead atoms. The van der Waals surface area contributed by atoms with E-state index in [4.69, 9.17) is 4.74 Å². The number of piperidine rings is 1. The van der Waals surface area contributed by atoms with Gasteiger partial charge in [-0.1, -0.05) is 0 Å². The van der Waals surface area contributed by atoms with Gasteiger partial charge in [0, 0.05) is 49.0 Å². The lowest BCUT2D eigenvalue weighted by Crippen LogP contribution is -2.43. The second-order valence-electron chi connectivity index (χ2n) is 9.94. The van der Waals surface area contributed by atoms with Crippen LogP contribution in [0.3, 0.4) is 0 Å². The van der Waals surface area contributed by atoms with Crippen LogP contribution in [0, 0.1) is 22.9 Å². The molecule has 1 aromatic heterocycles. The van der Waals surface area contributed by atoms with E-state index in [1.54, 1.807) is 18.2 Å². The molecule has 10 heteroatoms. The number of pyridine rings is 1. The van der Waals surface area contributed by atoms with Crippen LogP contribution < -0.4 is 10.1 Å². The van der Waals surface area contributed by atoms with E-state index in [1.165, 1.54) is 13.3 Å². The Balaban J connectivity index is 1.35. The molecule has 4 rings (SSSR count). The summed E-state index contributed by atoms with van der Waals surface area (Å²) in [6.07, 6.45) is 2.76. The molecule has 1 saturated heterocycles. The lowest BCUT2D eigenvalue weighted by Gasteiger charge is -2.41. The number of rotatable bonds is 11. The molecule has 0 amide bonds. The number of anilines is 1. The van der Waals surface area contributed by atoms with E-state index in [2.05, 4.69) is 15.2 Å². The van der Waals surface area contributed by atoms with E-state index in [-0.39, 0.29) is 17.7 Å². The Morgan fingerprint density at radius 1 is 1.16 bits per heavy atom. The van der Waals surface area contributed by atoms with Gasteiger partial charge in [0.2, 0.25) is 0 Å². The van der Waals surface area contributed by atoms with E-state index in [0.717, 1.165) is 6.07 Å². The van der Waals surface area contributed by atoms with Gasteiger partial charge in [-0.25, -0.2) is 17.6 Å². The average Bonchev–Trinajstić information content (AvgIpc) is 2.94. The molecule has 38 heavy (non-hydrogen) atoms. The third-order valence-electron chi connectivity index (χ3n) is 7.61. The van der Waals surface area contributed by atoms with Crippen LogP contribution in [-0.2, 0) is 6.67 Å². The maximum atomic E-state index is 13.8. The highest BCUT2D eigenvalue weighted by Crippen LogP contribution is 2.40. The maximum absolute atomic E-state index is 13.8. The van der Waals surface area contributed by atoms with Crippen molar-refractivity contribution in [2.45, 2.75) is 38.5 Å². The highest BCUT2D eigenvalue weighted by Gasteiger charge is 2.34. The molecule has 6 nitrogen and oxygen atoms in total. The number of aliphatic hydroxyl groups excluding tert-OH is 2. The Morgan fingerprint density at radius 3 is 2.61 bits per heavy atom. The van der Waals surface area contributed by atoms with Crippen LogP contribution in [0.4, 0.5) is 23.2 Å². The molecule has 206 valence electrons. The van der Waals surface area contributed by atoms with Crippen LogP contribution in [0.15, 0.2) is 36.5 Å². The molecule has 1 fully saturated rings. The number of ether oxygens (including phenoxy) is 1. The molecule has 0 aliphatic carbocycles. The summed E-state index contributed by atoms with van der Waals surface area (Å²) in [6.45, 7) is 1.38. The fraction of sp³-hybridized carbons (Fsp3) is 0.464. The van der Waals surface area contributed by atoms with Crippen molar-refractivity contribution in [3.8, 4) is 5.75 Å². The molecular weight excluding hydrogens is 502 g/mol. The fourth-order valence-electron chi connectivity index (χ4n) is 5.22. The summed E-state index contributed by atoms with van der Waals surface area (Å²) in [4.78, 5) is 6.43. The normalized spacial score (nSPS) is 16.5. The number of nitrogens with one attached hydrogen (secondary N) is 1. The summed E-state index contributed by atoms with van der Waals surface area (Å²) in [5.74, 6) is -2.61. The number of benzene rings is 2. The standard InChI is InChI=1S/C28H33F4N3O3/c1-38-20-2-3-23-21(14-20)26(18(15-29)16-34-23)25(37)4-5-28(17-36)6-9-35(10-7-28)11-8-33-24-13-19(30)12-22(31)27(24)32/h2-3,12-14,16,25,33,36-37H,4-11,15,17H2,1H3/t25-/m1/s1. The molecule has 1 atom stereocenters. The van der Waals surface area contributed by atoms with Gasteiger partial charge in [-0.05, 0) is 68.0 Å². The quantitative estimate of drug-likeness (QED) is 0.234. The minimum absolute atomic E-state index is 0.0412. The molecule has 0 saturated carbocycles. The molecule has 0 radical (unpaired) electrons. The molecule has 0 unspecified atom stereocenters. The van der Waals surface area contributed by atoms with Crippen molar-refractivity contribution in [1.29, 1.82) is 0 Å². The van der Waals surface area contributed by atoms with E-state index in [9.17, 15) is 27.8 Å². The van der Waals surface area contributed by atoms with Gasteiger partial charge in [0.05, 0.1) is 24.4 Å². The highest BCUT2D eigenvalue weighted by atomic mass is 19.2. The minimum Gasteiger partial charge on any atom is -0.497 e. The molecule has 2 aromatic carbocycles. The first-order chi connectivity index (χ1) is 18.3. The number of methoxy groups -OCH3 is 1. The van der Waals surface area contributed by atoms with Crippen LogP contribution in [0.1, 0.15) is 42.9 Å². The van der Waals surface area contributed by atoms with Gasteiger partial charge in [0.15, 0.2) is 11.6 Å². The van der Waals surface area contributed by atoms with Crippen LogP contribution in [0.5, 0.6) is 5.75 Å². The molecular formula is C28H33F4N3O3. The van der Waals surface area contributed by atoms with Gasteiger partial charge < -0.3 is 25.2 Å². The van der Waals surface area contributed by atoms with E-state index < -0.39 is 30.2 Å². The number of hydrogen-bond acceptors (Lipinski definition) is 6. The van der Waals surface area contributed by atoms with Crippen LogP contribution >= 0.6 is 0 Å². The number of nitrogens with zero attached hydrogens (tertiary/aromatic N) is 2. The maximum Gasteiger partial charge on any atom is 0.182 e. The smallest absolute Gasteiger partial charge is 0.182 e. The number of likely N-dealkylation sites (tertiary alicyclic amines) is 1. The number of hydrogen-bond donors (Lipinski definition) is 3. The Bertz CT molecular complexity index is 1250. The molecule has 1 aliphatic rings. The van der Waals surface area contributed by atoms with Crippen molar-refractivity contribution in [2.24, 2.45) is 5.41 Å². The topological polar surface area (TPSA) is 77.8 Å². The number of fused-ring (bicyclic) bond motifs is 1. The van der Waals surface area contributed by atoms with E-state index >= 15 is 0 Å². The first kappa shape index (κ1) is 28.1. The third-order valence-corrected chi connectivity index (χ3v) is 7.61. The monoisotopic (exact) mass is 535 g/mol. The third kappa shape index (κ3) is 6.19. The van der Waals surface area contributed by atoms with E-state index in [1.807, 2.05) is 0 Å². The first-order valence-electron chi connectivity index (χ1n) is 12.7. The lowest BCUT2D eigenvalue weighted by atomic mass is 9.74. The Kier molecular flexibility index (Phi) is 9.07. The summed E-state index contributed by atoms with van der Waals surface area (Å²) in [5, 5.41) is 24.8. The van der Waals surface area contributed by atoms with Crippen molar-refractivity contribution >= 4 is 16.6 Å². The largest absolute Gasteiger partial charge is 0.497 e. The Hall–Kier alpha value is -2.95. The Morgan fingerprint density at radius 2 is 1.92 bits per heavy atom. The van der Waals surface area contributed by atoms with Crippen LogP contribution in [0.25, 0.3) is 10.9 Å². The highest BCUT2D eigenvalue weighted by molar-refractivity contribution is 5.85. The summed E-state index contributed by atoms with van der Waals surface area (Å²) in [6, 6.07) is 6.71. The van der Waals surface area contributed by atoms with Gasteiger partial charge in [-0.3, -0.25) is 4.98 Å². The minimum atomic E-state index is -1.24. The second-order valence-corrected chi connectivity index (χ2v) is 9.94. The molecule has 1 aliphatic heterocycles. The number of halogens is 4. The van der Waals surface area contributed by atoms with Gasteiger partial charge in [0.25, 0.3) is 0 Å². The summed E-state index contributed by atoms with van der Waals surface area (Å²) in [5.41, 5.74) is 0.852. The SMILES string of the molecule is COc1ccc2ncc(CF)c([C@H](O)CCC3(CO)CCN(CCNc4cc(F)cc(F)c4F)CC3)c2c1. The Labute approximate surface area is 219 Å². The van der Waals surface area contributed by atoms with Crippen molar-refractivity contribution in [2.75, 3.05) is 45.2 Å². The van der Waals surface area contributed by atoms with Crippen molar-refractivity contribution in [1.82, 2.24) is 9.88 Å². The van der Waals surface area contributed by atoms with Crippen molar-refractivity contribution in [3.63, 3.8) is 0 Å². The summed E-state index contributed by atoms with van der Waals surface area (Å²) < 4.78 is 59.7. The average molecular weight is 536 g/mol. The van der Waals surface area contributed by atoms with Gasteiger partial charge >= 0.3 is 0 Å². The van der Waals surface area contributed by atoms with Gasteiger partial charge in [-0.15, -0.1) is 0 Å².